The fourth-order valence-corrected chi connectivity index (χ4v) is 1.79. The normalized spacial score (nSPS) is 10.8. The largest absolute Gasteiger partial charge is 0.508 e. The van der Waals surface area contributed by atoms with E-state index in [1.165, 1.54) is 10.5 Å². The van der Waals surface area contributed by atoms with Crippen LogP contribution in [0, 0.1) is 0 Å². The summed E-state index contributed by atoms with van der Waals surface area (Å²) >= 11 is 0. The summed E-state index contributed by atoms with van der Waals surface area (Å²) < 4.78 is 1.47. The van der Waals surface area contributed by atoms with Crippen LogP contribution in [0.4, 0.5) is 0 Å². The third-order valence-corrected chi connectivity index (χ3v) is 2.55. The van der Waals surface area contributed by atoms with Gasteiger partial charge in [0.2, 0.25) is 0 Å². The predicted octanol–water partition coefficient (Wildman–Crippen LogP) is 1.40. The Labute approximate surface area is 96.0 Å². The first-order chi connectivity index (χ1) is 8.25. The molecule has 0 saturated heterocycles. The van der Waals surface area contributed by atoms with E-state index in [0.29, 0.717) is 17.0 Å². The summed E-state index contributed by atoms with van der Waals surface area (Å²) in [6.07, 6.45) is 0. The fraction of sp³-hybridized carbons (Fsp3) is 0. The SMILES string of the molecule is O=c1cccc2[nH]nc(-c3cccc(O)c3)n12. The number of phenolic OH excluding ortho intramolecular Hbond substituents is 1. The zero-order valence-electron chi connectivity index (χ0n) is 8.79. The van der Waals surface area contributed by atoms with Gasteiger partial charge in [0.1, 0.15) is 11.4 Å². The molecule has 0 unspecified atom stereocenters. The van der Waals surface area contributed by atoms with Crippen LogP contribution < -0.4 is 5.56 Å². The highest BCUT2D eigenvalue weighted by atomic mass is 16.3. The van der Waals surface area contributed by atoms with Crippen molar-refractivity contribution in [3.05, 3.63) is 52.8 Å². The summed E-state index contributed by atoms with van der Waals surface area (Å²) in [6, 6.07) is 11.5. The molecular formula is C12H9N3O2. The van der Waals surface area contributed by atoms with E-state index >= 15 is 0 Å². The first kappa shape index (κ1) is 9.65. The van der Waals surface area contributed by atoms with Crippen molar-refractivity contribution >= 4 is 5.65 Å². The highest BCUT2D eigenvalue weighted by Crippen LogP contribution is 2.20. The van der Waals surface area contributed by atoms with Crippen LogP contribution in [-0.2, 0) is 0 Å². The Morgan fingerprint density at radius 3 is 2.82 bits per heavy atom. The summed E-state index contributed by atoms with van der Waals surface area (Å²) in [5, 5.41) is 16.3. The smallest absolute Gasteiger partial charge is 0.257 e. The van der Waals surface area contributed by atoms with Crippen LogP contribution in [0.25, 0.3) is 17.0 Å². The molecule has 3 rings (SSSR count). The lowest BCUT2D eigenvalue weighted by Gasteiger charge is -1.99. The molecule has 0 fully saturated rings. The van der Waals surface area contributed by atoms with E-state index in [-0.39, 0.29) is 11.3 Å². The number of pyridine rings is 1. The second-order valence-electron chi connectivity index (χ2n) is 3.68. The summed E-state index contributed by atoms with van der Waals surface area (Å²) in [5.74, 6) is 0.629. The second kappa shape index (κ2) is 3.48. The highest BCUT2D eigenvalue weighted by molar-refractivity contribution is 5.60. The van der Waals surface area contributed by atoms with Gasteiger partial charge in [-0.3, -0.25) is 9.89 Å². The standard InChI is InChI=1S/C12H9N3O2/c16-9-4-1-3-8(7-9)12-14-13-10-5-2-6-11(17)15(10)12/h1-7,13,16H. The molecule has 0 spiro atoms. The highest BCUT2D eigenvalue weighted by Gasteiger charge is 2.08. The maximum atomic E-state index is 11.8. The Hall–Kier alpha value is -2.56. The molecule has 0 saturated carbocycles. The van der Waals surface area contributed by atoms with Crippen molar-refractivity contribution in [2.45, 2.75) is 0 Å². The van der Waals surface area contributed by atoms with E-state index in [4.69, 9.17) is 0 Å². The average molecular weight is 227 g/mol. The van der Waals surface area contributed by atoms with Crippen molar-refractivity contribution in [3.8, 4) is 17.1 Å². The van der Waals surface area contributed by atoms with Gasteiger partial charge in [0.25, 0.3) is 5.56 Å². The van der Waals surface area contributed by atoms with Gasteiger partial charge in [-0.1, -0.05) is 18.2 Å². The Kier molecular flexibility index (Phi) is 1.98. The molecule has 2 N–H and O–H groups in total. The van der Waals surface area contributed by atoms with Crippen LogP contribution in [0.1, 0.15) is 0 Å². The molecular weight excluding hydrogens is 218 g/mol. The second-order valence-corrected chi connectivity index (χ2v) is 3.68. The van der Waals surface area contributed by atoms with Crippen molar-refractivity contribution in [1.82, 2.24) is 14.6 Å². The van der Waals surface area contributed by atoms with Crippen LogP contribution in [0.2, 0.25) is 0 Å². The maximum absolute atomic E-state index is 11.8. The van der Waals surface area contributed by atoms with Gasteiger partial charge in [0.05, 0.1) is 0 Å². The number of H-pyrrole nitrogens is 1. The molecule has 17 heavy (non-hydrogen) atoms. The number of nitrogens with zero attached hydrogens (tertiary/aromatic N) is 2. The lowest BCUT2D eigenvalue weighted by Crippen LogP contribution is -2.11. The quantitative estimate of drug-likeness (QED) is 0.660. The number of aromatic nitrogens is 3. The van der Waals surface area contributed by atoms with Crippen molar-refractivity contribution in [3.63, 3.8) is 0 Å². The number of benzene rings is 1. The summed E-state index contributed by atoms with van der Waals surface area (Å²) in [5.41, 5.74) is 1.15. The van der Waals surface area contributed by atoms with Gasteiger partial charge in [-0.05, 0) is 18.2 Å². The summed E-state index contributed by atoms with van der Waals surface area (Å²) in [7, 11) is 0. The zero-order chi connectivity index (χ0) is 11.8. The van der Waals surface area contributed by atoms with Crippen LogP contribution in [0.15, 0.2) is 47.3 Å². The third kappa shape index (κ3) is 1.48. The van der Waals surface area contributed by atoms with Crippen molar-refractivity contribution in [2.24, 2.45) is 0 Å². The molecule has 0 amide bonds. The minimum Gasteiger partial charge on any atom is -0.508 e. The zero-order valence-corrected chi connectivity index (χ0v) is 8.79. The van der Waals surface area contributed by atoms with Gasteiger partial charge in [-0.2, -0.15) is 5.10 Å². The van der Waals surface area contributed by atoms with E-state index in [1.54, 1.807) is 36.4 Å². The molecule has 5 heteroatoms. The number of rotatable bonds is 1. The lowest BCUT2D eigenvalue weighted by atomic mass is 10.2. The van der Waals surface area contributed by atoms with E-state index in [2.05, 4.69) is 10.2 Å². The van der Waals surface area contributed by atoms with Crippen LogP contribution in [0.5, 0.6) is 5.75 Å². The van der Waals surface area contributed by atoms with Gasteiger partial charge < -0.3 is 5.11 Å². The van der Waals surface area contributed by atoms with Crippen molar-refractivity contribution < 1.29 is 5.11 Å². The lowest BCUT2D eigenvalue weighted by molar-refractivity contribution is 0.475. The number of aromatic hydroxyl groups is 1. The molecule has 0 radical (unpaired) electrons. The van der Waals surface area contributed by atoms with Crippen molar-refractivity contribution in [2.75, 3.05) is 0 Å². The number of fused-ring (bicyclic) bond motifs is 1. The van der Waals surface area contributed by atoms with Crippen molar-refractivity contribution in [1.29, 1.82) is 0 Å². The van der Waals surface area contributed by atoms with E-state index in [1.807, 2.05) is 0 Å². The molecule has 0 aliphatic heterocycles. The molecule has 2 aromatic heterocycles. The van der Waals surface area contributed by atoms with Gasteiger partial charge in [0, 0.05) is 11.6 Å². The van der Waals surface area contributed by atoms with Gasteiger partial charge in [-0.15, -0.1) is 0 Å². The minimum atomic E-state index is -0.158. The van der Waals surface area contributed by atoms with Crippen LogP contribution >= 0.6 is 0 Å². The van der Waals surface area contributed by atoms with Gasteiger partial charge in [0.15, 0.2) is 5.82 Å². The molecule has 0 bridgehead atoms. The first-order valence-electron chi connectivity index (χ1n) is 5.11. The molecule has 5 nitrogen and oxygen atoms in total. The number of phenols is 1. The summed E-state index contributed by atoms with van der Waals surface area (Å²) in [6.45, 7) is 0. The molecule has 3 aromatic rings. The molecule has 84 valence electrons. The van der Waals surface area contributed by atoms with E-state index < -0.39 is 0 Å². The van der Waals surface area contributed by atoms with E-state index in [9.17, 15) is 9.90 Å². The number of hydrogen-bond donors (Lipinski definition) is 2. The maximum Gasteiger partial charge on any atom is 0.257 e. The molecule has 0 atom stereocenters. The van der Waals surface area contributed by atoms with Gasteiger partial charge >= 0.3 is 0 Å². The molecule has 0 aliphatic rings. The Balaban J connectivity index is 2.35. The molecule has 0 aliphatic carbocycles. The Morgan fingerprint density at radius 2 is 2.00 bits per heavy atom. The predicted molar refractivity (Wildman–Crippen MR) is 62.9 cm³/mol. The fourth-order valence-electron chi connectivity index (χ4n) is 1.79. The topological polar surface area (TPSA) is 70.4 Å². The van der Waals surface area contributed by atoms with E-state index in [0.717, 1.165) is 0 Å². The Bertz CT molecular complexity index is 743. The average Bonchev–Trinajstić information content (AvgIpc) is 2.74. The minimum absolute atomic E-state index is 0.141. The van der Waals surface area contributed by atoms with Gasteiger partial charge in [-0.25, -0.2) is 4.40 Å². The monoisotopic (exact) mass is 227 g/mol. The number of nitrogens with one attached hydrogen (secondary N) is 1. The number of hydrogen-bond acceptors (Lipinski definition) is 3. The summed E-state index contributed by atoms with van der Waals surface area (Å²) in [4.78, 5) is 11.8. The van der Waals surface area contributed by atoms with Crippen LogP contribution in [0.3, 0.4) is 0 Å². The Morgan fingerprint density at radius 1 is 1.18 bits per heavy atom. The number of aromatic amines is 1. The third-order valence-electron chi connectivity index (χ3n) is 2.55. The molecule has 1 aromatic carbocycles. The first-order valence-corrected chi connectivity index (χ1v) is 5.11. The van der Waals surface area contributed by atoms with Crippen LogP contribution in [-0.4, -0.2) is 19.7 Å². The molecule has 2 heterocycles.